The molecule has 1 aliphatic carbocycles. The number of ether oxygens (including phenoxy) is 1. The minimum atomic E-state index is -0.333. The molecule has 2 aliphatic rings. The molecule has 1 saturated carbocycles. The van der Waals surface area contributed by atoms with Crippen molar-refractivity contribution in [1.29, 1.82) is 0 Å². The first-order valence-electron chi connectivity index (χ1n) is 9.95. The SMILES string of the molecule is O=C1OC[C@H](Cc2ccccc2)N1/N=C(\c1ccccc1)C1CCCCC1. The van der Waals surface area contributed by atoms with E-state index >= 15 is 0 Å². The molecule has 4 rings (SSSR count). The summed E-state index contributed by atoms with van der Waals surface area (Å²) >= 11 is 0. The van der Waals surface area contributed by atoms with Crippen molar-refractivity contribution in [3.05, 3.63) is 71.8 Å². The Labute approximate surface area is 160 Å². The quantitative estimate of drug-likeness (QED) is 0.700. The van der Waals surface area contributed by atoms with Crippen LogP contribution >= 0.6 is 0 Å². The Morgan fingerprint density at radius 1 is 0.963 bits per heavy atom. The number of nitrogens with zero attached hydrogens (tertiary/aromatic N) is 2. The van der Waals surface area contributed by atoms with Gasteiger partial charge < -0.3 is 4.74 Å². The van der Waals surface area contributed by atoms with Crippen molar-refractivity contribution in [2.24, 2.45) is 11.0 Å². The van der Waals surface area contributed by atoms with Gasteiger partial charge in [-0.3, -0.25) is 0 Å². The van der Waals surface area contributed by atoms with E-state index in [0.29, 0.717) is 12.5 Å². The molecule has 0 N–H and O–H groups in total. The smallest absolute Gasteiger partial charge is 0.430 e. The second-order valence-corrected chi connectivity index (χ2v) is 7.45. The van der Waals surface area contributed by atoms with Gasteiger partial charge in [0.2, 0.25) is 0 Å². The third-order valence-electron chi connectivity index (χ3n) is 5.52. The van der Waals surface area contributed by atoms with E-state index in [2.05, 4.69) is 24.3 Å². The Kier molecular flexibility index (Phi) is 5.52. The molecule has 140 valence electrons. The molecule has 1 saturated heterocycles. The van der Waals surface area contributed by atoms with Gasteiger partial charge in [0.1, 0.15) is 6.61 Å². The van der Waals surface area contributed by atoms with Crippen molar-refractivity contribution in [2.45, 2.75) is 44.6 Å². The third kappa shape index (κ3) is 4.21. The average Bonchev–Trinajstić information content (AvgIpc) is 3.07. The van der Waals surface area contributed by atoms with E-state index in [1.54, 1.807) is 5.01 Å². The Morgan fingerprint density at radius 2 is 1.63 bits per heavy atom. The van der Waals surface area contributed by atoms with Gasteiger partial charge in [-0.2, -0.15) is 10.1 Å². The van der Waals surface area contributed by atoms with Gasteiger partial charge in [-0.15, -0.1) is 0 Å². The highest BCUT2D eigenvalue weighted by Crippen LogP contribution is 2.29. The van der Waals surface area contributed by atoms with Crippen molar-refractivity contribution in [2.75, 3.05) is 6.61 Å². The van der Waals surface area contributed by atoms with Crippen LogP contribution in [0.4, 0.5) is 4.79 Å². The molecule has 0 spiro atoms. The van der Waals surface area contributed by atoms with Crippen LogP contribution in [-0.2, 0) is 11.2 Å². The highest BCUT2D eigenvalue weighted by Gasteiger charge is 2.34. The van der Waals surface area contributed by atoms with Crippen LogP contribution in [0.1, 0.15) is 43.2 Å². The molecule has 0 bridgehead atoms. The summed E-state index contributed by atoms with van der Waals surface area (Å²) in [6.07, 6.45) is 6.45. The highest BCUT2D eigenvalue weighted by atomic mass is 16.6. The number of benzene rings is 2. The standard InChI is InChI=1S/C23H26N2O2/c26-23-25(21(17-27-23)16-18-10-4-1-5-11-18)24-22(19-12-6-2-7-13-19)20-14-8-3-9-15-20/h1-2,4-7,10-13,20-21H,3,8-9,14-17H2/b24-22+/t21-/m0/s1. The monoisotopic (exact) mass is 362 g/mol. The molecule has 1 atom stereocenters. The number of cyclic esters (lactones) is 1. The first kappa shape index (κ1) is 17.8. The zero-order chi connectivity index (χ0) is 18.5. The predicted molar refractivity (Wildman–Crippen MR) is 107 cm³/mol. The molecule has 4 heteroatoms. The van der Waals surface area contributed by atoms with Crippen LogP contribution < -0.4 is 0 Å². The number of carbonyl (C=O) groups excluding carboxylic acids is 1. The van der Waals surface area contributed by atoms with E-state index in [0.717, 1.165) is 30.5 Å². The predicted octanol–water partition coefficient (Wildman–Crippen LogP) is 5.03. The summed E-state index contributed by atoms with van der Waals surface area (Å²) in [6.45, 7) is 0.393. The molecule has 1 aliphatic heterocycles. The van der Waals surface area contributed by atoms with Gasteiger partial charge in [0.25, 0.3) is 0 Å². The van der Waals surface area contributed by atoms with Crippen molar-refractivity contribution in [1.82, 2.24) is 5.01 Å². The van der Waals surface area contributed by atoms with Crippen LogP contribution in [0.5, 0.6) is 0 Å². The summed E-state index contributed by atoms with van der Waals surface area (Å²) in [5.41, 5.74) is 3.34. The van der Waals surface area contributed by atoms with Crippen molar-refractivity contribution in [3.8, 4) is 0 Å². The Hall–Kier alpha value is -2.62. The van der Waals surface area contributed by atoms with E-state index in [4.69, 9.17) is 9.84 Å². The molecule has 0 radical (unpaired) electrons. The molecular formula is C23H26N2O2. The zero-order valence-corrected chi connectivity index (χ0v) is 15.6. The topological polar surface area (TPSA) is 41.9 Å². The summed E-state index contributed by atoms with van der Waals surface area (Å²) in [4.78, 5) is 12.4. The van der Waals surface area contributed by atoms with Crippen LogP contribution in [0.2, 0.25) is 0 Å². The lowest BCUT2D eigenvalue weighted by molar-refractivity contribution is 0.158. The lowest BCUT2D eigenvalue weighted by Gasteiger charge is -2.26. The highest BCUT2D eigenvalue weighted by molar-refractivity contribution is 6.02. The molecule has 0 unspecified atom stereocenters. The minimum absolute atomic E-state index is 0.0535. The number of hydrogen-bond acceptors (Lipinski definition) is 3. The second kappa shape index (κ2) is 8.38. The number of amides is 1. The lowest BCUT2D eigenvalue weighted by Crippen LogP contribution is -2.33. The van der Waals surface area contributed by atoms with Crippen LogP contribution in [0, 0.1) is 5.92 Å². The number of rotatable bonds is 5. The molecule has 2 aromatic carbocycles. The van der Waals surface area contributed by atoms with E-state index in [9.17, 15) is 4.79 Å². The molecular weight excluding hydrogens is 336 g/mol. The van der Waals surface area contributed by atoms with Gasteiger partial charge >= 0.3 is 6.09 Å². The molecule has 27 heavy (non-hydrogen) atoms. The Balaban J connectivity index is 1.63. The first-order valence-corrected chi connectivity index (χ1v) is 9.95. The van der Waals surface area contributed by atoms with Crippen molar-refractivity contribution >= 4 is 11.8 Å². The number of hydrogen-bond donors (Lipinski definition) is 0. The second-order valence-electron chi connectivity index (χ2n) is 7.45. The van der Waals surface area contributed by atoms with E-state index in [1.807, 2.05) is 36.4 Å². The van der Waals surface area contributed by atoms with Crippen molar-refractivity contribution < 1.29 is 9.53 Å². The van der Waals surface area contributed by atoms with Crippen LogP contribution in [0.15, 0.2) is 65.8 Å². The van der Waals surface area contributed by atoms with E-state index in [1.165, 1.54) is 24.8 Å². The van der Waals surface area contributed by atoms with Crippen molar-refractivity contribution in [3.63, 3.8) is 0 Å². The largest absolute Gasteiger partial charge is 0.446 e. The first-order chi connectivity index (χ1) is 13.3. The fraction of sp³-hybridized carbons (Fsp3) is 0.391. The Morgan fingerprint density at radius 3 is 2.33 bits per heavy atom. The van der Waals surface area contributed by atoms with Gasteiger partial charge in [0, 0.05) is 5.92 Å². The lowest BCUT2D eigenvalue weighted by atomic mass is 9.83. The fourth-order valence-corrected chi connectivity index (χ4v) is 4.08. The zero-order valence-electron chi connectivity index (χ0n) is 15.6. The molecule has 0 aromatic heterocycles. The molecule has 2 aromatic rings. The molecule has 2 fully saturated rings. The van der Waals surface area contributed by atoms with Gasteiger partial charge in [0.15, 0.2) is 0 Å². The average molecular weight is 362 g/mol. The summed E-state index contributed by atoms with van der Waals surface area (Å²) in [7, 11) is 0. The molecule has 1 amide bonds. The molecule has 1 heterocycles. The summed E-state index contributed by atoms with van der Waals surface area (Å²) in [5.74, 6) is 0.409. The van der Waals surface area contributed by atoms with Crippen LogP contribution in [-0.4, -0.2) is 29.5 Å². The van der Waals surface area contributed by atoms with E-state index in [-0.39, 0.29) is 12.1 Å². The maximum absolute atomic E-state index is 12.4. The normalized spacial score (nSPS) is 21.3. The van der Waals surface area contributed by atoms with Gasteiger partial charge in [0.05, 0.1) is 11.8 Å². The maximum atomic E-state index is 12.4. The number of carbonyl (C=O) groups is 1. The summed E-state index contributed by atoms with van der Waals surface area (Å²) in [6, 6.07) is 20.5. The van der Waals surface area contributed by atoms with Gasteiger partial charge in [-0.05, 0) is 30.4 Å². The number of hydrazone groups is 1. The Bertz CT molecular complexity index is 783. The summed E-state index contributed by atoms with van der Waals surface area (Å²) < 4.78 is 5.35. The van der Waals surface area contributed by atoms with Crippen LogP contribution in [0.25, 0.3) is 0 Å². The van der Waals surface area contributed by atoms with Gasteiger partial charge in [-0.1, -0.05) is 79.9 Å². The van der Waals surface area contributed by atoms with E-state index < -0.39 is 0 Å². The fourth-order valence-electron chi connectivity index (χ4n) is 4.08. The summed E-state index contributed by atoms with van der Waals surface area (Å²) in [5, 5.41) is 6.49. The third-order valence-corrected chi connectivity index (χ3v) is 5.52. The maximum Gasteiger partial charge on any atom is 0.430 e. The minimum Gasteiger partial charge on any atom is -0.446 e. The molecule has 4 nitrogen and oxygen atoms in total. The van der Waals surface area contributed by atoms with Crippen LogP contribution in [0.3, 0.4) is 0 Å². The van der Waals surface area contributed by atoms with Gasteiger partial charge in [-0.25, -0.2) is 4.79 Å².